The zero-order valence-corrected chi connectivity index (χ0v) is 31.8. The van der Waals surface area contributed by atoms with E-state index in [4.69, 9.17) is 28.9 Å². The van der Waals surface area contributed by atoms with Gasteiger partial charge in [-0.1, -0.05) is 6.92 Å². The number of nitrogens with one attached hydrogen (secondary N) is 2. The van der Waals surface area contributed by atoms with E-state index in [1.54, 1.807) is 11.0 Å². The van der Waals surface area contributed by atoms with Gasteiger partial charge in [0.1, 0.15) is 61.2 Å². The van der Waals surface area contributed by atoms with Gasteiger partial charge in [0.15, 0.2) is 24.3 Å². The fraction of sp³-hybridized carbons (Fsp3) is 0.676. The molecule has 2 aromatic heterocycles. The summed E-state index contributed by atoms with van der Waals surface area (Å²) >= 11 is 0. The van der Waals surface area contributed by atoms with Crippen molar-refractivity contribution in [2.45, 2.75) is 94.1 Å². The number of likely N-dealkylation sites (tertiary alicyclic amines) is 1. The van der Waals surface area contributed by atoms with E-state index in [0.29, 0.717) is 24.3 Å². The van der Waals surface area contributed by atoms with Crippen molar-refractivity contribution in [1.82, 2.24) is 35.2 Å². The molecule has 308 valence electrons. The molecule has 0 bridgehead atoms. The number of aliphatic hydroxyl groups is 4. The van der Waals surface area contributed by atoms with Crippen LogP contribution in [-0.4, -0.2) is 184 Å². The first kappa shape index (κ1) is 42.6. The maximum absolute atomic E-state index is 13.9. The number of hydrogen-bond acceptors (Lipinski definition) is 17. The van der Waals surface area contributed by atoms with Crippen molar-refractivity contribution >= 4 is 40.6 Å². The lowest BCUT2D eigenvalue weighted by Crippen LogP contribution is -2.69. The molecule has 22 heteroatoms. The summed E-state index contributed by atoms with van der Waals surface area (Å²) in [7, 11) is 5.48. The Morgan fingerprint density at radius 2 is 1.79 bits per heavy atom. The standard InChI is InChI=1S/C34H49N9O13/c1-16-8-11-42(21(46)7-10-35)13-19(16)40(3)29-18-9-12-43(30(18)37-15-36-29)34(51)39-41(4)31(50)28-27(52-5)24(48)25(49)33(56-28)55-26-22(38-17(2)45)32(53-6)54-20(14-44)23(26)47/h9,12,15-16,19-20,22-28,32-33,44,47-49H,7-8,11,13-14H2,1-6H3,(H,38,45)(H,39,51)/t16-,19+,20?,22?,23-,24-,25?,26-,27+,28?,32-,33-/m1/s1. The lowest BCUT2D eigenvalue weighted by atomic mass is 9.92. The molecule has 22 nitrogen and oxygen atoms in total. The number of rotatable bonds is 10. The molecule has 2 aromatic rings. The highest BCUT2D eigenvalue weighted by Gasteiger charge is 2.53. The number of carbonyl (C=O) groups excluding carboxylic acids is 4. The second-order valence-corrected chi connectivity index (χ2v) is 13.9. The Kier molecular flexibility index (Phi) is 13.8. The van der Waals surface area contributed by atoms with Crippen LogP contribution in [0.2, 0.25) is 0 Å². The van der Waals surface area contributed by atoms with Gasteiger partial charge < -0.3 is 59.2 Å². The summed E-state index contributed by atoms with van der Waals surface area (Å²) in [6.45, 7) is 3.50. The maximum atomic E-state index is 13.9. The van der Waals surface area contributed by atoms with Gasteiger partial charge in [-0.3, -0.25) is 24.0 Å². The van der Waals surface area contributed by atoms with Crippen LogP contribution in [0.3, 0.4) is 0 Å². The number of nitrogens with zero attached hydrogens (tertiary/aromatic N) is 7. The molecule has 3 aliphatic heterocycles. The van der Waals surface area contributed by atoms with Crippen molar-refractivity contribution in [3.05, 3.63) is 18.6 Å². The van der Waals surface area contributed by atoms with Gasteiger partial charge in [-0.05, 0) is 18.4 Å². The third kappa shape index (κ3) is 8.55. The predicted octanol–water partition coefficient (Wildman–Crippen LogP) is -2.97. The number of aliphatic hydroxyl groups excluding tert-OH is 4. The van der Waals surface area contributed by atoms with Gasteiger partial charge in [0.05, 0.1) is 24.1 Å². The zero-order valence-electron chi connectivity index (χ0n) is 31.8. The van der Waals surface area contributed by atoms with Crippen LogP contribution < -0.4 is 15.6 Å². The van der Waals surface area contributed by atoms with Crippen LogP contribution in [0.4, 0.5) is 10.6 Å². The molecule has 3 saturated heterocycles. The number of carbonyl (C=O) groups is 4. The topological polar surface area (TPSA) is 284 Å². The van der Waals surface area contributed by atoms with Crippen molar-refractivity contribution in [2.24, 2.45) is 5.92 Å². The van der Waals surface area contributed by atoms with Gasteiger partial charge >= 0.3 is 6.03 Å². The van der Waals surface area contributed by atoms with Crippen LogP contribution in [0.1, 0.15) is 26.7 Å². The van der Waals surface area contributed by atoms with Gasteiger partial charge in [0.25, 0.3) is 5.91 Å². The molecule has 4 amide bonds. The third-order valence-corrected chi connectivity index (χ3v) is 10.4. The van der Waals surface area contributed by atoms with E-state index >= 15 is 0 Å². The molecule has 0 aliphatic carbocycles. The lowest BCUT2D eigenvalue weighted by molar-refractivity contribution is -0.339. The van der Waals surface area contributed by atoms with Gasteiger partial charge in [0, 0.05) is 54.5 Å². The minimum atomic E-state index is -1.85. The largest absolute Gasteiger partial charge is 0.394 e. The van der Waals surface area contributed by atoms with Gasteiger partial charge in [-0.2, -0.15) is 5.26 Å². The van der Waals surface area contributed by atoms with Crippen molar-refractivity contribution < 1.29 is 63.3 Å². The summed E-state index contributed by atoms with van der Waals surface area (Å²) in [5.74, 6) is -1.08. The fourth-order valence-electron chi connectivity index (χ4n) is 7.33. The molecule has 5 heterocycles. The summed E-state index contributed by atoms with van der Waals surface area (Å²) < 4.78 is 29.1. The predicted molar refractivity (Wildman–Crippen MR) is 190 cm³/mol. The van der Waals surface area contributed by atoms with E-state index < -0.39 is 85.8 Å². The molecule has 4 unspecified atom stereocenters. The Morgan fingerprint density at radius 3 is 2.43 bits per heavy atom. The Morgan fingerprint density at radius 1 is 1.05 bits per heavy atom. The molecule has 5 rings (SSSR count). The number of fused-ring (bicyclic) bond motifs is 1. The molecule has 12 atom stereocenters. The highest BCUT2D eigenvalue weighted by molar-refractivity contribution is 5.95. The Hall–Kier alpha value is -4.57. The molecule has 56 heavy (non-hydrogen) atoms. The van der Waals surface area contributed by atoms with Crippen LogP contribution in [-0.2, 0) is 38.1 Å². The van der Waals surface area contributed by atoms with E-state index in [1.165, 1.54) is 40.7 Å². The van der Waals surface area contributed by atoms with E-state index in [-0.39, 0.29) is 29.9 Å². The van der Waals surface area contributed by atoms with E-state index in [0.717, 1.165) is 16.0 Å². The minimum Gasteiger partial charge on any atom is -0.394 e. The monoisotopic (exact) mass is 791 g/mol. The average molecular weight is 792 g/mol. The third-order valence-electron chi connectivity index (χ3n) is 10.4. The summed E-state index contributed by atoms with van der Waals surface area (Å²) in [5, 5.41) is 55.7. The van der Waals surface area contributed by atoms with E-state index in [1.807, 2.05) is 18.0 Å². The molecule has 0 aromatic carbocycles. The zero-order chi connectivity index (χ0) is 41.0. The SMILES string of the molecule is CO[C@@H]1OC(CO)[C@@H](O)[C@H](O[C@@H]2OC(C(=O)N(C)NC(=O)n3ccc4c(N(C)[C@H]5CN(C(=O)CC#N)CC[C@H]5C)ncnc43)[C@@H](OC)[C@H](O)C2O)C1NC(C)=O. The number of piperidine rings is 1. The second-order valence-electron chi connectivity index (χ2n) is 13.9. The number of anilines is 1. The Labute approximate surface area is 321 Å². The number of methoxy groups -OCH3 is 2. The molecule has 0 radical (unpaired) electrons. The molecular formula is C34H49N9O13. The molecular weight excluding hydrogens is 742 g/mol. The Bertz CT molecular complexity index is 1780. The smallest absolute Gasteiger partial charge is 0.346 e. The summed E-state index contributed by atoms with van der Waals surface area (Å²) in [5.41, 5.74) is 2.65. The molecule has 3 aliphatic rings. The highest BCUT2D eigenvalue weighted by atomic mass is 16.7. The molecule has 0 saturated carbocycles. The van der Waals surface area contributed by atoms with Crippen LogP contribution in [0, 0.1) is 17.2 Å². The number of hydrazine groups is 1. The van der Waals surface area contributed by atoms with Crippen LogP contribution >= 0.6 is 0 Å². The normalized spacial score (nSPS) is 32.0. The van der Waals surface area contributed by atoms with E-state index in [2.05, 4.69) is 27.6 Å². The second kappa shape index (κ2) is 18.1. The number of hydrogen-bond donors (Lipinski definition) is 6. The average Bonchev–Trinajstić information content (AvgIpc) is 3.62. The number of likely N-dealkylation sites (N-methyl/N-ethyl adjacent to an activating group) is 2. The van der Waals surface area contributed by atoms with Gasteiger partial charge in [0.2, 0.25) is 11.8 Å². The first-order valence-corrected chi connectivity index (χ1v) is 17.9. The molecule has 6 N–H and O–H groups in total. The van der Waals surface area contributed by atoms with Crippen LogP contribution in [0.15, 0.2) is 18.6 Å². The van der Waals surface area contributed by atoms with Gasteiger partial charge in [-0.25, -0.2) is 20.2 Å². The summed E-state index contributed by atoms with van der Waals surface area (Å²) in [6.07, 6.45) is -10.9. The Balaban J connectivity index is 1.33. The van der Waals surface area contributed by atoms with Crippen molar-refractivity contribution in [1.29, 1.82) is 5.26 Å². The van der Waals surface area contributed by atoms with Crippen molar-refractivity contribution in [3.8, 4) is 6.07 Å². The highest BCUT2D eigenvalue weighted by Crippen LogP contribution is 2.32. The fourth-order valence-corrected chi connectivity index (χ4v) is 7.33. The lowest BCUT2D eigenvalue weighted by Gasteiger charge is -2.47. The number of nitriles is 1. The number of aromatic nitrogens is 3. The van der Waals surface area contributed by atoms with Crippen LogP contribution in [0.5, 0.6) is 0 Å². The first-order chi connectivity index (χ1) is 26.7. The summed E-state index contributed by atoms with van der Waals surface area (Å²) in [4.78, 5) is 64.4. The molecule has 3 fully saturated rings. The first-order valence-electron chi connectivity index (χ1n) is 17.9. The summed E-state index contributed by atoms with van der Waals surface area (Å²) in [6, 6.07) is 1.37. The van der Waals surface area contributed by atoms with Gasteiger partial charge in [-0.15, -0.1) is 0 Å². The quantitative estimate of drug-likeness (QED) is 0.131. The van der Waals surface area contributed by atoms with Crippen molar-refractivity contribution in [3.63, 3.8) is 0 Å². The molecule has 0 spiro atoms. The number of ether oxygens (including phenoxy) is 5. The van der Waals surface area contributed by atoms with E-state index in [9.17, 15) is 39.6 Å². The maximum Gasteiger partial charge on any atom is 0.346 e. The number of amides is 4. The minimum absolute atomic E-state index is 0.153. The van der Waals surface area contributed by atoms with Crippen molar-refractivity contribution in [2.75, 3.05) is 52.9 Å². The van der Waals surface area contributed by atoms with Crippen LogP contribution in [0.25, 0.3) is 11.0 Å².